The number of aromatic nitrogens is 1. The van der Waals surface area contributed by atoms with Gasteiger partial charge in [-0.1, -0.05) is 12.1 Å². The van der Waals surface area contributed by atoms with E-state index in [1.807, 2.05) is 24.3 Å². The number of methoxy groups -OCH3 is 1. The van der Waals surface area contributed by atoms with Crippen LogP contribution in [0.15, 0.2) is 52.9 Å². The zero-order valence-electron chi connectivity index (χ0n) is 18.9. The Balaban J connectivity index is 1.33. The highest BCUT2D eigenvalue weighted by molar-refractivity contribution is 5.76. The topological polar surface area (TPSA) is 64.8 Å². The van der Waals surface area contributed by atoms with Gasteiger partial charge in [0.2, 0.25) is 5.89 Å². The van der Waals surface area contributed by atoms with Crippen LogP contribution in [0.25, 0.3) is 11.5 Å². The number of aryl methyl sites for hydroxylation is 1. The summed E-state index contributed by atoms with van der Waals surface area (Å²) in [5, 5.41) is 0. The van der Waals surface area contributed by atoms with Crippen LogP contribution in [0.4, 0.5) is 13.2 Å². The van der Waals surface area contributed by atoms with Gasteiger partial charge in [0.05, 0.1) is 25.0 Å². The van der Waals surface area contributed by atoms with Crippen molar-refractivity contribution < 1.29 is 31.9 Å². The van der Waals surface area contributed by atoms with Gasteiger partial charge in [-0.05, 0) is 55.3 Å². The van der Waals surface area contributed by atoms with Gasteiger partial charge < -0.3 is 13.9 Å². The predicted octanol–water partition coefficient (Wildman–Crippen LogP) is 5.04. The van der Waals surface area contributed by atoms with Gasteiger partial charge >= 0.3 is 12.1 Å². The molecule has 0 radical (unpaired) electrons. The van der Waals surface area contributed by atoms with E-state index in [1.165, 1.54) is 19.2 Å². The molecule has 1 aromatic heterocycles. The van der Waals surface area contributed by atoms with Gasteiger partial charge in [-0.3, -0.25) is 9.69 Å². The maximum Gasteiger partial charge on any atom is 0.416 e. The highest BCUT2D eigenvalue weighted by Gasteiger charge is 2.34. The second-order valence-corrected chi connectivity index (χ2v) is 8.14. The van der Waals surface area contributed by atoms with E-state index in [0.29, 0.717) is 42.3 Å². The molecule has 1 aliphatic heterocycles. The lowest BCUT2D eigenvalue weighted by Crippen LogP contribution is -2.52. The molecule has 0 bridgehead atoms. The van der Waals surface area contributed by atoms with Crippen LogP contribution in [0.5, 0.6) is 5.75 Å². The van der Waals surface area contributed by atoms with Gasteiger partial charge in [0.1, 0.15) is 17.6 Å². The molecular weight excluding hydrogens is 449 g/mol. The maximum absolute atomic E-state index is 12.8. The Kier molecular flexibility index (Phi) is 6.92. The number of esters is 1. The number of carbonyl (C=O) groups is 1. The summed E-state index contributed by atoms with van der Waals surface area (Å²) in [7, 11) is 1.40. The summed E-state index contributed by atoms with van der Waals surface area (Å²) in [4.78, 5) is 18.3. The summed E-state index contributed by atoms with van der Waals surface area (Å²) in [6.45, 7) is 3.60. The van der Waals surface area contributed by atoms with E-state index < -0.39 is 11.7 Å². The lowest BCUT2D eigenvalue weighted by molar-refractivity contribution is -0.152. The van der Waals surface area contributed by atoms with Crippen molar-refractivity contribution in [3.63, 3.8) is 0 Å². The first-order chi connectivity index (χ1) is 16.2. The Labute approximate surface area is 195 Å². The van der Waals surface area contributed by atoms with Crippen LogP contribution in [0.1, 0.15) is 29.0 Å². The summed E-state index contributed by atoms with van der Waals surface area (Å²) >= 11 is 0. The summed E-state index contributed by atoms with van der Waals surface area (Å²) < 4.78 is 54.7. The van der Waals surface area contributed by atoms with Crippen LogP contribution in [-0.4, -0.2) is 42.2 Å². The number of hydrogen-bond acceptors (Lipinski definition) is 6. The maximum atomic E-state index is 12.8. The minimum absolute atomic E-state index is 0.191. The summed E-state index contributed by atoms with van der Waals surface area (Å²) in [6, 6.07) is 12.2. The molecule has 9 heteroatoms. The van der Waals surface area contributed by atoms with E-state index >= 15 is 0 Å². The van der Waals surface area contributed by atoms with E-state index in [0.717, 1.165) is 30.7 Å². The van der Waals surface area contributed by atoms with Crippen LogP contribution in [0.3, 0.4) is 0 Å². The number of ether oxygens (including phenoxy) is 2. The van der Waals surface area contributed by atoms with Crippen LogP contribution < -0.4 is 4.74 Å². The minimum Gasteiger partial charge on any atom is -0.493 e. The normalized spacial score (nSPS) is 16.2. The third-order valence-electron chi connectivity index (χ3n) is 5.85. The third kappa shape index (κ3) is 5.41. The largest absolute Gasteiger partial charge is 0.493 e. The van der Waals surface area contributed by atoms with Gasteiger partial charge in [-0.2, -0.15) is 13.2 Å². The average Bonchev–Trinajstić information content (AvgIpc) is 3.17. The molecule has 1 aliphatic rings. The van der Waals surface area contributed by atoms with Crippen molar-refractivity contribution in [2.24, 2.45) is 0 Å². The first-order valence-electron chi connectivity index (χ1n) is 10.9. The molecule has 1 fully saturated rings. The number of rotatable bonds is 8. The Morgan fingerprint density at radius 3 is 2.62 bits per heavy atom. The van der Waals surface area contributed by atoms with Crippen molar-refractivity contribution in [2.45, 2.75) is 38.5 Å². The Hall–Kier alpha value is -3.33. The van der Waals surface area contributed by atoms with Crippen LogP contribution in [-0.2, 0) is 28.7 Å². The molecule has 34 heavy (non-hydrogen) atoms. The molecule has 1 atom stereocenters. The molecule has 0 amide bonds. The number of carbonyl (C=O) groups excluding carboxylic acids is 1. The zero-order chi connectivity index (χ0) is 24.3. The Morgan fingerprint density at radius 2 is 1.97 bits per heavy atom. The van der Waals surface area contributed by atoms with Crippen LogP contribution in [0.2, 0.25) is 0 Å². The fourth-order valence-corrected chi connectivity index (χ4v) is 3.85. The molecule has 0 aliphatic carbocycles. The molecule has 4 rings (SSSR count). The quantitative estimate of drug-likeness (QED) is 0.427. The van der Waals surface area contributed by atoms with E-state index in [9.17, 15) is 18.0 Å². The lowest BCUT2D eigenvalue weighted by atomic mass is 10.0. The molecule has 2 aromatic carbocycles. The molecule has 0 saturated carbocycles. The van der Waals surface area contributed by atoms with Gasteiger partial charge in [0.15, 0.2) is 0 Å². The molecule has 0 N–H and O–H groups in total. The van der Waals surface area contributed by atoms with E-state index in [4.69, 9.17) is 13.9 Å². The van der Waals surface area contributed by atoms with Crippen LogP contribution >= 0.6 is 0 Å². The smallest absolute Gasteiger partial charge is 0.416 e. The van der Waals surface area contributed by atoms with E-state index in [-0.39, 0.29) is 17.9 Å². The fourth-order valence-electron chi connectivity index (χ4n) is 3.85. The first kappa shape index (κ1) is 23.8. The van der Waals surface area contributed by atoms with Gasteiger partial charge in [-0.25, -0.2) is 4.98 Å². The number of benzene rings is 2. The first-order valence-corrected chi connectivity index (χ1v) is 10.9. The third-order valence-corrected chi connectivity index (χ3v) is 5.85. The summed E-state index contributed by atoms with van der Waals surface area (Å²) in [6.07, 6.45) is -3.10. The van der Waals surface area contributed by atoms with Crippen molar-refractivity contribution in [1.29, 1.82) is 0 Å². The van der Waals surface area contributed by atoms with Gasteiger partial charge in [0, 0.05) is 25.1 Å². The average molecular weight is 474 g/mol. The van der Waals surface area contributed by atoms with Crippen molar-refractivity contribution in [3.8, 4) is 17.2 Å². The molecule has 1 saturated heterocycles. The number of hydrogen-bond donors (Lipinski definition) is 0. The molecule has 3 aromatic rings. The SMILES string of the molecule is COC(=O)[C@H]1CCN1Cc1cccc(OCCc2nc(-c3ccc(C(F)(F)F)cc3)oc2C)c1. The highest BCUT2D eigenvalue weighted by atomic mass is 19.4. The lowest BCUT2D eigenvalue weighted by Gasteiger charge is -2.38. The summed E-state index contributed by atoms with van der Waals surface area (Å²) in [5.74, 6) is 1.37. The molecule has 0 spiro atoms. The fraction of sp³-hybridized carbons (Fsp3) is 0.360. The Morgan fingerprint density at radius 1 is 1.21 bits per heavy atom. The highest BCUT2D eigenvalue weighted by Crippen LogP contribution is 2.31. The standard InChI is InChI=1S/C25H25F3N2O4/c1-16-21(29-23(34-16)18-6-8-19(9-7-18)25(26,27)28)11-13-33-20-5-3-4-17(14-20)15-30-12-10-22(30)24(31)32-2/h3-9,14,22H,10-13,15H2,1-2H3/t22-/m1/s1. The molecule has 180 valence electrons. The summed E-state index contributed by atoms with van der Waals surface area (Å²) in [5.41, 5.74) is 1.48. The second-order valence-electron chi connectivity index (χ2n) is 8.14. The van der Waals surface area contributed by atoms with Crippen molar-refractivity contribution in [1.82, 2.24) is 9.88 Å². The minimum atomic E-state index is -4.39. The second kappa shape index (κ2) is 9.89. The van der Waals surface area contributed by atoms with Gasteiger partial charge in [0.25, 0.3) is 0 Å². The van der Waals surface area contributed by atoms with Gasteiger partial charge in [-0.15, -0.1) is 0 Å². The number of alkyl halides is 3. The number of likely N-dealkylation sites (tertiary alicyclic amines) is 1. The molecular formula is C25H25F3N2O4. The van der Waals surface area contributed by atoms with Crippen LogP contribution in [0, 0.1) is 6.92 Å². The molecule has 6 nitrogen and oxygen atoms in total. The monoisotopic (exact) mass is 474 g/mol. The number of nitrogens with zero attached hydrogens (tertiary/aromatic N) is 2. The number of halogens is 3. The number of oxazole rings is 1. The molecule has 0 unspecified atom stereocenters. The predicted molar refractivity (Wildman–Crippen MR) is 118 cm³/mol. The Bertz CT molecular complexity index is 1140. The van der Waals surface area contributed by atoms with Crippen molar-refractivity contribution >= 4 is 5.97 Å². The zero-order valence-corrected chi connectivity index (χ0v) is 18.9. The van der Waals surface area contributed by atoms with Crippen molar-refractivity contribution in [3.05, 3.63) is 71.1 Å². The van der Waals surface area contributed by atoms with E-state index in [1.54, 1.807) is 6.92 Å². The van der Waals surface area contributed by atoms with Crippen molar-refractivity contribution in [2.75, 3.05) is 20.3 Å². The molecule has 2 heterocycles. The van der Waals surface area contributed by atoms with E-state index in [2.05, 4.69) is 9.88 Å².